The molecular weight excluding hydrogens is 634 g/mol. The van der Waals surface area contributed by atoms with Crippen LogP contribution >= 0.6 is 0 Å². The van der Waals surface area contributed by atoms with E-state index in [1.807, 2.05) is 18.2 Å². The third-order valence-electron chi connectivity index (χ3n) is 9.52. The van der Waals surface area contributed by atoms with E-state index in [1.165, 1.54) is 70.6 Å². The third kappa shape index (κ3) is 34.7. The summed E-state index contributed by atoms with van der Waals surface area (Å²) in [6, 6.07) is -0.701. The minimum atomic E-state index is -0.787. The maximum Gasteiger partial charge on any atom is 0.306 e. The number of hydrogen-bond acceptors (Lipinski definition) is 5. The van der Waals surface area contributed by atoms with Crippen molar-refractivity contribution in [3.8, 4) is 0 Å². The highest BCUT2D eigenvalue weighted by Crippen LogP contribution is 2.17. The number of aliphatic hydroxyl groups excluding tert-OH is 2. The van der Waals surface area contributed by atoms with Crippen molar-refractivity contribution >= 4 is 11.9 Å². The molecule has 0 rings (SSSR count). The lowest BCUT2D eigenvalue weighted by atomic mass is 10.0. The number of hydrogen-bond donors (Lipinski definition) is 3. The molecule has 0 aromatic heterocycles. The van der Waals surface area contributed by atoms with Crippen LogP contribution < -0.4 is 5.32 Å². The van der Waals surface area contributed by atoms with Crippen molar-refractivity contribution in [1.29, 1.82) is 0 Å². The van der Waals surface area contributed by atoms with Gasteiger partial charge in [-0.1, -0.05) is 191 Å². The topological polar surface area (TPSA) is 95.9 Å². The Balaban J connectivity index is 4.52. The Kier molecular flexibility index (Phi) is 37.4. The van der Waals surface area contributed by atoms with Crippen LogP contribution in [0.15, 0.2) is 48.6 Å². The zero-order valence-electron chi connectivity index (χ0n) is 33.5. The van der Waals surface area contributed by atoms with Crippen LogP contribution in [-0.2, 0) is 14.3 Å². The second-order valence-corrected chi connectivity index (χ2v) is 14.5. The molecule has 0 saturated carbocycles. The molecule has 6 nitrogen and oxygen atoms in total. The van der Waals surface area contributed by atoms with Crippen molar-refractivity contribution in [3.05, 3.63) is 48.6 Å². The van der Waals surface area contributed by atoms with Crippen LogP contribution in [0.2, 0.25) is 0 Å². The summed E-state index contributed by atoms with van der Waals surface area (Å²) < 4.78 is 5.85. The highest BCUT2D eigenvalue weighted by molar-refractivity contribution is 5.77. The summed E-state index contributed by atoms with van der Waals surface area (Å²) in [4.78, 5) is 25.8. The number of ether oxygens (including phenoxy) is 1. The Morgan fingerprint density at radius 2 is 1.06 bits per heavy atom. The maximum atomic E-state index is 13.0. The van der Waals surface area contributed by atoms with E-state index in [9.17, 15) is 19.8 Å². The largest absolute Gasteiger partial charge is 0.462 e. The first-order valence-corrected chi connectivity index (χ1v) is 21.4. The molecule has 0 fully saturated rings. The van der Waals surface area contributed by atoms with E-state index in [0.717, 1.165) is 83.5 Å². The van der Waals surface area contributed by atoms with E-state index in [-0.39, 0.29) is 24.9 Å². The highest BCUT2D eigenvalue weighted by atomic mass is 16.5. The summed E-state index contributed by atoms with van der Waals surface area (Å²) in [6.07, 6.45) is 44.6. The number of nitrogens with one attached hydrogen (secondary N) is 1. The van der Waals surface area contributed by atoms with Gasteiger partial charge in [0.1, 0.15) is 6.10 Å². The fraction of sp³-hybridized carbons (Fsp3) is 0.778. The van der Waals surface area contributed by atoms with E-state index in [0.29, 0.717) is 19.3 Å². The molecule has 0 aliphatic carbocycles. The lowest BCUT2D eigenvalue weighted by Gasteiger charge is -2.24. The van der Waals surface area contributed by atoms with Gasteiger partial charge in [0.2, 0.25) is 5.91 Å². The minimum Gasteiger partial charge on any atom is -0.462 e. The van der Waals surface area contributed by atoms with Crippen LogP contribution in [0.5, 0.6) is 0 Å². The summed E-state index contributed by atoms with van der Waals surface area (Å²) in [6.45, 7) is 6.27. The first-order chi connectivity index (χ1) is 25.0. The minimum absolute atomic E-state index is 0.0674. The van der Waals surface area contributed by atoms with Crippen molar-refractivity contribution in [2.24, 2.45) is 0 Å². The van der Waals surface area contributed by atoms with Gasteiger partial charge in [0.15, 0.2) is 0 Å². The SMILES string of the molecule is CC/C=C/C=C/C=C/C=C\CCCCCCCC(=O)OC(CCCCCCCCC)CC(=O)NC(CO)C(O)CCCCCCCCCCCC. The molecule has 0 aromatic carbocycles. The number of aliphatic hydroxyl groups is 2. The van der Waals surface area contributed by atoms with Crippen LogP contribution in [-0.4, -0.2) is 46.9 Å². The normalized spacial score (nSPS) is 13.9. The average Bonchev–Trinajstić information content (AvgIpc) is 3.12. The molecule has 0 bridgehead atoms. The first kappa shape index (κ1) is 48.8. The van der Waals surface area contributed by atoms with E-state index < -0.39 is 18.2 Å². The number of carbonyl (C=O) groups is 2. The van der Waals surface area contributed by atoms with Crippen LogP contribution in [0, 0.1) is 0 Å². The molecule has 0 spiro atoms. The van der Waals surface area contributed by atoms with Crippen molar-refractivity contribution in [2.45, 2.75) is 219 Å². The Hall–Kier alpha value is -2.18. The Bertz CT molecular complexity index is 895. The second kappa shape index (κ2) is 39.0. The Morgan fingerprint density at radius 3 is 1.61 bits per heavy atom. The molecule has 3 N–H and O–H groups in total. The molecule has 0 aliphatic heterocycles. The molecular formula is C45H81NO5. The van der Waals surface area contributed by atoms with Crippen molar-refractivity contribution in [3.63, 3.8) is 0 Å². The van der Waals surface area contributed by atoms with Gasteiger partial charge >= 0.3 is 5.97 Å². The van der Waals surface area contributed by atoms with Crippen molar-refractivity contribution in [1.82, 2.24) is 5.32 Å². The number of unbranched alkanes of at least 4 members (excludes halogenated alkanes) is 20. The van der Waals surface area contributed by atoms with Gasteiger partial charge in [-0.3, -0.25) is 9.59 Å². The number of allylic oxidation sites excluding steroid dienone is 8. The predicted octanol–water partition coefficient (Wildman–Crippen LogP) is 11.9. The van der Waals surface area contributed by atoms with Gasteiger partial charge in [-0.05, 0) is 44.9 Å². The van der Waals surface area contributed by atoms with Crippen molar-refractivity contribution in [2.75, 3.05) is 6.61 Å². The standard InChI is InChI=1S/C45H81NO5/c1-4-7-10-13-16-18-20-21-22-23-24-26-29-32-35-38-45(50)51-41(36-33-30-27-15-12-9-6-3)39-44(49)46-42(40-47)43(48)37-34-31-28-25-19-17-14-11-8-5-2/h7,10,13,16,18,20-22,41-43,47-48H,4-6,8-9,11-12,14-15,17,19,23-40H2,1-3H3,(H,46,49)/b10-7+,16-13+,20-18+,22-21-. The maximum absolute atomic E-state index is 13.0. The lowest BCUT2D eigenvalue weighted by molar-refractivity contribution is -0.151. The van der Waals surface area contributed by atoms with Crippen LogP contribution in [0.25, 0.3) is 0 Å². The molecule has 1 amide bonds. The number of rotatable bonds is 37. The van der Waals surface area contributed by atoms with Gasteiger partial charge in [-0.25, -0.2) is 0 Å². The summed E-state index contributed by atoms with van der Waals surface area (Å²) >= 11 is 0. The molecule has 0 heterocycles. The molecule has 0 aromatic rings. The summed E-state index contributed by atoms with van der Waals surface area (Å²) in [5.41, 5.74) is 0. The van der Waals surface area contributed by atoms with Crippen LogP contribution in [0.4, 0.5) is 0 Å². The molecule has 0 radical (unpaired) electrons. The smallest absolute Gasteiger partial charge is 0.306 e. The highest BCUT2D eigenvalue weighted by Gasteiger charge is 2.24. The number of amides is 1. The van der Waals surface area contributed by atoms with Crippen LogP contribution in [0.1, 0.15) is 201 Å². The third-order valence-corrected chi connectivity index (χ3v) is 9.52. The van der Waals surface area contributed by atoms with E-state index in [1.54, 1.807) is 0 Å². The zero-order chi connectivity index (χ0) is 37.5. The average molecular weight is 716 g/mol. The van der Waals surface area contributed by atoms with Gasteiger partial charge in [-0.2, -0.15) is 0 Å². The Morgan fingerprint density at radius 1 is 0.588 bits per heavy atom. The summed E-state index contributed by atoms with van der Waals surface area (Å²) in [5.74, 6) is -0.508. The second-order valence-electron chi connectivity index (χ2n) is 14.5. The van der Waals surface area contributed by atoms with Gasteiger partial charge < -0.3 is 20.3 Å². The summed E-state index contributed by atoms with van der Waals surface area (Å²) in [5, 5.41) is 23.5. The van der Waals surface area contributed by atoms with Crippen molar-refractivity contribution < 1.29 is 24.5 Å². The van der Waals surface area contributed by atoms with Crippen LogP contribution in [0.3, 0.4) is 0 Å². The fourth-order valence-corrected chi connectivity index (χ4v) is 6.26. The monoisotopic (exact) mass is 716 g/mol. The quantitative estimate of drug-likeness (QED) is 0.0338. The number of esters is 1. The zero-order valence-corrected chi connectivity index (χ0v) is 33.5. The first-order valence-electron chi connectivity index (χ1n) is 21.4. The van der Waals surface area contributed by atoms with E-state index >= 15 is 0 Å². The molecule has 51 heavy (non-hydrogen) atoms. The fourth-order valence-electron chi connectivity index (χ4n) is 6.26. The molecule has 0 aliphatic rings. The molecule has 3 atom stereocenters. The van der Waals surface area contributed by atoms with E-state index in [4.69, 9.17) is 4.74 Å². The predicted molar refractivity (Wildman–Crippen MR) is 218 cm³/mol. The molecule has 6 heteroatoms. The Labute approximate surface area is 315 Å². The van der Waals surface area contributed by atoms with Gasteiger partial charge in [-0.15, -0.1) is 0 Å². The van der Waals surface area contributed by atoms with E-state index in [2.05, 4.69) is 56.5 Å². The van der Waals surface area contributed by atoms with Gasteiger partial charge in [0, 0.05) is 6.42 Å². The molecule has 0 saturated heterocycles. The molecule has 3 unspecified atom stereocenters. The summed E-state index contributed by atoms with van der Waals surface area (Å²) in [7, 11) is 0. The van der Waals surface area contributed by atoms with Gasteiger partial charge in [0.25, 0.3) is 0 Å². The molecule has 296 valence electrons. The lowest BCUT2D eigenvalue weighted by Crippen LogP contribution is -2.46. The van der Waals surface area contributed by atoms with Gasteiger partial charge in [0.05, 0.1) is 25.2 Å². The number of carbonyl (C=O) groups excluding carboxylic acids is 2.